The third-order valence-electron chi connectivity index (χ3n) is 4.67. The highest BCUT2D eigenvalue weighted by Crippen LogP contribution is 2.13. The van der Waals surface area contributed by atoms with Crippen LogP contribution in [0.15, 0.2) is 29.1 Å². The van der Waals surface area contributed by atoms with E-state index in [1.165, 1.54) is 82.6 Å². The molecule has 130 valence electrons. The molecule has 0 N–H and O–H groups in total. The molecule has 0 bridgehead atoms. The molecule has 0 atom stereocenters. The Kier molecular flexibility index (Phi) is 11.6. The molecule has 0 spiro atoms. The van der Waals surface area contributed by atoms with E-state index in [4.69, 9.17) is 0 Å². The van der Waals surface area contributed by atoms with E-state index >= 15 is 0 Å². The van der Waals surface area contributed by atoms with E-state index < -0.39 is 0 Å². The van der Waals surface area contributed by atoms with Gasteiger partial charge in [0.1, 0.15) is 0 Å². The van der Waals surface area contributed by atoms with E-state index in [9.17, 15) is 4.79 Å². The van der Waals surface area contributed by atoms with Gasteiger partial charge in [0.15, 0.2) is 5.43 Å². The molecule has 0 aliphatic rings. The smallest absolute Gasteiger partial charge is 0.181 e. The molecule has 0 heterocycles. The number of aryl methyl sites for hydroxylation is 2. The number of unbranched alkanes of at least 4 members (excludes halogenated alkanes) is 11. The van der Waals surface area contributed by atoms with Gasteiger partial charge in [0.2, 0.25) is 0 Å². The summed E-state index contributed by atoms with van der Waals surface area (Å²) < 4.78 is 0. The molecule has 0 saturated carbocycles. The summed E-state index contributed by atoms with van der Waals surface area (Å²) >= 11 is 0. The molecule has 1 nitrogen and oxygen atoms in total. The van der Waals surface area contributed by atoms with Crippen LogP contribution >= 0.6 is 0 Å². The lowest BCUT2D eigenvalue weighted by Gasteiger charge is -2.03. The van der Waals surface area contributed by atoms with Crippen molar-refractivity contribution in [2.24, 2.45) is 0 Å². The summed E-state index contributed by atoms with van der Waals surface area (Å²) in [5.41, 5.74) is 2.31. The second-order valence-corrected chi connectivity index (χ2v) is 6.93. The van der Waals surface area contributed by atoms with Gasteiger partial charge < -0.3 is 0 Å². The Bertz CT molecular complexity index is 464. The Morgan fingerprint density at radius 3 is 1.83 bits per heavy atom. The van der Waals surface area contributed by atoms with E-state index in [0.29, 0.717) is 0 Å². The first-order chi connectivity index (χ1) is 11.2. The lowest BCUT2D eigenvalue weighted by atomic mass is 10.0. The molecule has 0 fully saturated rings. The van der Waals surface area contributed by atoms with Gasteiger partial charge in [-0.1, -0.05) is 95.8 Å². The minimum atomic E-state index is 0.144. The zero-order valence-electron chi connectivity index (χ0n) is 15.4. The van der Waals surface area contributed by atoms with Crippen molar-refractivity contribution < 1.29 is 0 Å². The average Bonchev–Trinajstić information content (AvgIpc) is 2.70. The van der Waals surface area contributed by atoms with Crippen LogP contribution in [0.4, 0.5) is 0 Å². The summed E-state index contributed by atoms with van der Waals surface area (Å²) in [6, 6.07) is 7.71. The lowest BCUT2D eigenvalue weighted by Crippen LogP contribution is -1.97. The Morgan fingerprint density at radius 1 is 0.739 bits per heavy atom. The molecule has 1 aromatic carbocycles. The van der Waals surface area contributed by atoms with Gasteiger partial charge in [-0.2, -0.15) is 0 Å². The van der Waals surface area contributed by atoms with Crippen molar-refractivity contribution >= 4 is 0 Å². The SMILES string of the molecule is CCCCCCCCCCCCCCc1cccc(=O)c(C)c1. The van der Waals surface area contributed by atoms with Crippen molar-refractivity contribution in [1.82, 2.24) is 0 Å². The summed E-state index contributed by atoms with van der Waals surface area (Å²) in [5, 5.41) is 0. The molecule has 0 saturated heterocycles. The standard InChI is InChI=1S/C22H36O/c1-3-4-5-6-7-8-9-10-11-12-13-14-16-21-17-15-18-22(23)20(2)19-21/h15,17-19H,3-14,16H2,1-2H3. The molecule has 1 heteroatoms. The van der Waals surface area contributed by atoms with E-state index in [1.807, 2.05) is 13.0 Å². The number of rotatable bonds is 13. The molecular formula is C22H36O. The molecule has 23 heavy (non-hydrogen) atoms. The van der Waals surface area contributed by atoms with Crippen LogP contribution < -0.4 is 5.43 Å². The molecule has 1 aromatic rings. The second kappa shape index (κ2) is 13.3. The third-order valence-corrected chi connectivity index (χ3v) is 4.67. The van der Waals surface area contributed by atoms with Gasteiger partial charge in [-0.15, -0.1) is 0 Å². The van der Waals surface area contributed by atoms with Crippen molar-refractivity contribution in [1.29, 1.82) is 0 Å². The van der Waals surface area contributed by atoms with Crippen molar-refractivity contribution in [3.8, 4) is 0 Å². The molecule has 0 amide bonds. The minimum absolute atomic E-state index is 0.144. The zero-order chi connectivity index (χ0) is 16.8. The maximum Gasteiger partial charge on any atom is 0.181 e. The number of hydrogen-bond acceptors (Lipinski definition) is 1. The number of hydrogen-bond donors (Lipinski definition) is 0. The van der Waals surface area contributed by atoms with Crippen LogP contribution in [0.1, 0.15) is 95.1 Å². The van der Waals surface area contributed by atoms with Crippen LogP contribution in [0.25, 0.3) is 0 Å². The molecular weight excluding hydrogens is 280 g/mol. The van der Waals surface area contributed by atoms with Gasteiger partial charge in [0, 0.05) is 0 Å². The Morgan fingerprint density at radius 2 is 1.26 bits per heavy atom. The fraction of sp³-hybridized carbons (Fsp3) is 0.682. The van der Waals surface area contributed by atoms with E-state index in [1.54, 1.807) is 6.07 Å². The predicted octanol–water partition coefficient (Wildman–Crippen LogP) is 6.60. The molecule has 0 aliphatic heterocycles. The van der Waals surface area contributed by atoms with Crippen LogP contribution in [0, 0.1) is 6.92 Å². The first kappa shape index (κ1) is 19.9. The van der Waals surface area contributed by atoms with Crippen LogP contribution in [0.2, 0.25) is 0 Å². The Labute approximate surface area is 143 Å². The van der Waals surface area contributed by atoms with Gasteiger partial charge in [0.05, 0.1) is 0 Å². The van der Waals surface area contributed by atoms with Gasteiger partial charge in [-0.3, -0.25) is 4.79 Å². The second-order valence-electron chi connectivity index (χ2n) is 6.93. The third kappa shape index (κ3) is 10.3. The van der Waals surface area contributed by atoms with Gasteiger partial charge in [0.25, 0.3) is 0 Å². The first-order valence-corrected chi connectivity index (χ1v) is 9.84. The van der Waals surface area contributed by atoms with Crippen LogP contribution in [-0.4, -0.2) is 0 Å². The topological polar surface area (TPSA) is 17.1 Å². The van der Waals surface area contributed by atoms with Crippen LogP contribution in [-0.2, 0) is 6.42 Å². The fourth-order valence-corrected chi connectivity index (χ4v) is 3.11. The Hall–Kier alpha value is -1.11. The predicted molar refractivity (Wildman–Crippen MR) is 102 cm³/mol. The summed E-state index contributed by atoms with van der Waals surface area (Å²) in [6.07, 6.45) is 17.7. The van der Waals surface area contributed by atoms with Crippen molar-refractivity contribution in [2.45, 2.75) is 97.3 Å². The quantitative estimate of drug-likeness (QED) is 0.375. The van der Waals surface area contributed by atoms with Gasteiger partial charge >= 0.3 is 0 Å². The van der Waals surface area contributed by atoms with Crippen molar-refractivity contribution in [3.05, 3.63) is 45.6 Å². The summed E-state index contributed by atoms with van der Waals surface area (Å²) in [6.45, 7) is 4.19. The zero-order valence-corrected chi connectivity index (χ0v) is 15.4. The molecule has 0 aromatic heterocycles. The van der Waals surface area contributed by atoms with Crippen LogP contribution in [0.5, 0.6) is 0 Å². The monoisotopic (exact) mass is 316 g/mol. The summed E-state index contributed by atoms with van der Waals surface area (Å²) in [5.74, 6) is 0. The summed E-state index contributed by atoms with van der Waals surface area (Å²) in [4.78, 5) is 11.5. The summed E-state index contributed by atoms with van der Waals surface area (Å²) in [7, 11) is 0. The average molecular weight is 317 g/mol. The van der Waals surface area contributed by atoms with E-state index in [2.05, 4.69) is 19.1 Å². The normalized spacial score (nSPS) is 10.9. The lowest BCUT2D eigenvalue weighted by molar-refractivity contribution is 0.544. The van der Waals surface area contributed by atoms with E-state index in [-0.39, 0.29) is 5.43 Å². The largest absolute Gasteiger partial charge is 0.290 e. The maximum absolute atomic E-state index is 11.5. The maximum atomic E-state index is 11.5. The first-order valence-electron chi connectivity index (χ1n) is 9.84. The highest BCUT2D eigenvalue weighted by atomic mass is 16.1. The molecule has 1 rings (SSSR count). The minimum Gasteiger partial charge on any atom is -0.290 e. The molecule has 0 unspecified atom stereocenters. The van der Waals surface area contributed by atoms with E-state index in [0.717, 1.165) is 12.0 Å². The van der Waals surface area contributed by atoms with Crippen molar-refractivity contribution in [2.75, 3.05) is 0 Å². The van der Waals surface area contributed by atoms with Crippen molar-refractivity contribution in [3.63, 3.8) is 0 Å². The Balaban J connectivity index is 1.97. The molecule has 0 radical (unpaired) electrons. The van der Waals surface area contributed by atoms with Gasteiger partial charge in [-0.05, 0) is 37.0 Å². The molecule has 0 aliphatic carbocycles. The van der Waals surface area contributed by atoms with Crippen LogP contribution in [0.3, 0.4) is 0 Å². The van der Waals surface area contributed by atoms with Gasteiger partial charge in [-0.25, -0.2) is 0 Å². The fourth-order valence-electron chi connectivity index (χ4n) is 3.11. The highest BCUT2D eigenvalue weighted by molar-refractivity contribution is 5.20. The highest BCUT2D eigenvalue weighted by Gasteiger charge is 1.97.